The van der Waals surface area contributed by atoms with E-state index < -0.39 is 11.4 Å². The van der Waals surface area contributed by atoms with Crippen molar-refractivity contribution in [1.82, 2.24) is 19.4 Å². The number of phenols is 1. The van der Waals surface area contributed by atoms with Gasteiger partial charge in [0.05, 0.1) is 28.7 Å². The average molecular weight is 524 g/mol. The molecule has 0 bridgehead atoms. The normalized spacial score (nSPS) is 19.9. The first-order valence-corrected chi connectivity index (χ1v) is 13.3. The summed E-state index contributed by atoms with van der Waals surface area (Å²) < 4.78 is 21.4. The van der Waals surface area contributed by atoms with Crippen LogP contribution in [0.1, 0.15) is 69.1 Å². The summed E-state index contributed by atoms with van der Waals surface area (Å²) in [5, 5.41) is 10.3. The summed E-state index contributed by atoms with van der Waals surface area (Å²) in [7, 11) is 0. The summed E-state index contributed by atoms with van der Waals surface area (Å²) in [5.74, 6) is -0.945. The number of esters is 1. The molecule has 0 aliphatic carbocycles. The molecule has 0 saturated carbocycles. The Bertz CT molecular complexity index is 1370. The number of nitrogens with zero attached hydrogens (tertiary/aromatic N) is 5. The molecule has 1 aromatic carbocycles. The van der Waals surface area contributed by atoms with Crippen molar-refractivity contribution in [1.29, 1.82) is 0 Å². The summed E-state index contributed by atoms with van der Waals surface area (Å²) in [6.07, 6.45) is 5.49. The van der Waals surface area contributed by atoms with Crippen LogP contribution in [0, 0.1) is 11.7 Å². The van der Waals surface area contributed by atoms with E-state index in [0.717, 1.165) is 50.7 Å². The summed E-state index contributed by atoms with van der Waals surface area (Å²) in [4.78, 5) is 39.5. The van der Waals surface area contributed by atoms with Gasteiger partial charge in [0, 0.05) is 31.4 Å². The number of pyridine rings is 1. The molecule has 2 fully saturated rings. The van der Waals surface area contributed by atoms with Crippen molar-refractivity contribution in [2.24, 2.45) is 5.92 Å². The number of piperidine rings is 1. The van der Waals surface area contributed by atoms with Gasteiger partial charge in [-0.25, -0.2) is 14.4 Å². The summed E-state index contributed by atoms with van der Waals surface area (Å²) >= 11 is 0. The van der Waals surface area contributed by atoms with Gasteiger partial charge in [-0.05, 0) is 57.2 Å². The molecule has 10 heteroatoms. The zero-order valence-electron chi connectivity index (χ0n) is 22.1. The number of hydrogen-bond acceptors (Lipinski definition) is 7. The van der Waals surface area contributed by atoms with Crippen molar-refractivity contribution in [2.75, 3.05) is 24.5 Å². The Balaban J connectivity index is 1.59. The van der Waals surface area contributed by atoms with E-state index in [-0.39, 0.29) is 30.3 Å². The average Bonchev–Trinajstić information content (AvgIpc) is 3.55. The molecule has 5 rings (SSSR count). The Morgan fingerprint density at radius 3 is 2.61 bits per heavy atom. The van der Waals surface area contributed by atoms with E-state index >= 15 is 0 Å². The van der Waals surface area contributed by atoms with Gasteiger partial charge in [-0.15, -0.1) is 0 Å². The molecule has 202 valence electrons. The van der Waals surface area contributed by atoms with Gasteiger partial charge in [-0.3, -0.25) is 14.2 Å². The van der Waals surface area contributed by atoms with Crippen molar-refractivity contribution in [3.63, 3.8) is 0 Å². The number of carbonyl (C=O) groups is 2. The topological polar surface area (TPSA) is 101 Å². The van der Waals surface area contributed by atoms with E-state index in [1.165, 1.54) is 12.1 Å². The van der Waals surface area contributed by atoms with Crippen molar-refractivity contribution >= 4 is 28.7 Å². The maximum atomic E-state index is 14.2. The second kappa shape index (κ2) is 10.2. The monoisotopic (exact) mass is 523 g/mol. The third-order valence-electron chi connectivity index (χ3n) is 7.65. The molecule has 2 saturated heterocycles. The van der Waals surface area contributed by atoms with Gasteiger partial charge in [-0.1, -0.05) is 13.8 Å². The summed E-state index contributed by atoms with van der Waals surface area (Å²) in [6, 6.07) is 6.28. The van der Waals surface area contributed by atoms with Gasteiger partial charge in [0.2, 0.25) is 0 Å². The van der Waals surface area contributed by atoms with E-state index in [9.17, 15) is 19.1 Å². The number of benzene rings is 1. The number of halogens is 1. The molecule has 4 heterocycles. The maximum Gasteiger partial charge on any atom is 0.310 e. The maximum absolute atomic E-state index is 14.2. The highest BCUT2D eigenvalue weighted by atomic mass is 19.1. The lowest BCUT2D eigenvalue weighted by Crippen LogP contribution is -2.52. The molecule has 1 atom stereocenters. The molecule has 0 radical (unpaired) electrons. The van der Waals surface area contributed by atoms with E-state index in [2.05, 4.69) is 9.88 Å². The molecule has 0 unspecified atom stereocenters. The van der Waals surface area contributed by atoms with Crippen LogP contribution < -0.4 is 4.90 Å². The van der Waals surface area contributed by atoms with E-state index in [0.29, 0.717) is 35.5 Å². The van der Waals surface area contributed by atoms with Gasteiger partial charge < -0.3 is 19.6 Å². The highest BCUT2D eigenvalue weighted by Crippen LogP contribution is 2.40. The number of hydrogen-bond donors (Lipinski definition) is 1. The first-order chi connectivity index (χ1) is 18.2. The van der Waals surface area contributed by atoms with Gasteiger partial charge in [0.1, 0.15) is 17.4 Å². The molecule has 38 heavy (non-hydrogen) atoms. The first-order valence-electron chi connectivity index (χ1n) is 13.3. The number of fused-ring (bicyclic) bond motifs is 1. The minimum absolute atomic E-state index is 0.0301. The fraction of sp³-hybridized carbons (Fsp3) is 0.500. The van der Waals surface area contributed by atoms with Gasteiger partial charge in [0.25, 0.3) is 5.91 Å². The Morgan fingerprint density at radius 2 is 1.87 bits per heavy atom. The van der Waals surface area contributed by atoms with Crippen LogP contribution in [-0.2, 0) is 21.8 Å². The van der Waals surface area contributed by atoms with Crippen molar-refractivity contribution in [3.05, 3.63) is 47.7 Å². The Hall–Kier alpha value is -3.69. The zero-order valence-corrected chi connectivity index (χ0v) is 22.1. The third kappa shape index (κ3) is 4.68. The highest BCUT2D eigenvalue weighted by Gasteiger charge is 2.44. The van der Waals surface area contributed by atoms with Gasteiger partial charge in [0.15, 0.2) is 12.4 Å². The van der Waals surface area contributed by atoms with Crippen molar-refractivity contribution in [2.45, 2.75) is 65.1 Å². The number of rotatable bonds is 6. The Labute approximate surface area is 221 Å². The number of carbonyl (C=O) groups excluding carboxylic acids is 2. The number of aromatic nitrogens is 3. The van der Waals surface area contributed by atoms with Crippen LogP contribution in [0.4, 0.5) is 10.1 Å². The Morgan fingerprint density at radius 1 is 1.13 bits per heavy atom. The zero-order chi connectivity index (χ0) is 27.0. The lowest BCUT2D eigenvalue weighted by Gasteiger charge is -2.44. The lowest BCUT2D eigenvalue weighted by molar-refractivity contribution is -0.151. The number of ether oxygens (including phenoxy) is 1. The number of phenolic OH excluding ortho intramolecular Hbond substituents is 1. The summed E-state index contributed by atoms with van der Waals surface area (Å²) in [5.41, 5.74) is 1.08. The minimum atomic E-state index is -0.884. The summed E-state index contributed by atoms with van der Waals surface area (Å²) in [6.45, 7) is 7.46. The molecule has 9 nitrogen and oxygen atoms in total. The first kappa shape index (κ1) is 25.9. The van der Waals surface area contributed by atoms with E-state index in [4.69, 9.17) is 9.72 Å². The van der Waals surface area contributed by atoms with Gasteiger partial charge >= 0.3 is 5.97 Å². The van der Waals surface area contributed by atoms with Crippen LogP contribution in [0.15, 0.2) is 30.5 Å². The predicted octanol–water partition coefficient (Wildman–Crippen LogP) is 4.57. The number of amides is 1. The number of likely N-dealkylation sites (tertiary alicyclic amines) is 1. The van der Waals surface area contributed by atoms with E-state index in [1.54, 1.807) is 29.4 Å². The molecule has 0 spiro atoms. The Kier molecular flexibility index (Phi) is 6.98. The molecular weight excluding hydrogens is 489 g/mol. The molecule has 2 aliphatic rings. The molecular formula is C28H34FN5O4. The van der Waals surface area contributed by atoms with Crippen LogP contribution in [0.3, 0.4) is 0 Å². The van der Waals surface area contributed by atoms with Crippen LogP contribution in [-0.4, -0.2) is 56.1 Å². The van der Waals surface area contributed by atoms with Gasteiger partial charge in [-0.2, -0.15) is 0 Å². The smallest absolute Gasteiger partial charge is 0.310 e. The number of anilines is 1. The number of imidazole rings is 1. The highest BCUT2D eigenvalue weighted by molar-refractivity contribution is 6.01. The SMILES string of the molecule is CC(C)C(=O)OCn1c([C@]2(C)CCCCN2C(=O)c2cc(O)ccc2N2CCCC2)nc2ncc(F)cc21. The van der Waals surface area contributed by atoms with Crippen molar-refractivity contribution < 1.29 is 23.8 Å². The van der Waals surface area contributed by atoms with E-state index in [1.807, 2.05) is 13.0 Å². The standard InChI is InChI=1S/C28H34FN5O4/c1-18(2)26(37)38-17-33-23-14-19(29)16-30-24(23)31-27(33)28(3)10-4-5-13-34(28)25(36)21-15-20(35)8-9-22(21)32-11-6-7-12-32/h8-9,14-16,18,35H,4-7,10-13,17H2,1-3H3/t28-/m0/s1. The second-order valence-electron chi connectivity index (χ2n) is 10.7. The molecule has 1 N–H and O–H groups in total. The second-order valence-corrected chi connectivity index (χ2v) is 10.7. The molecule has 3 aromatic rings. The lowest BCUT2D eigenvalue weighted by atomic mass is 9.86. The minimum Gasteiger partial charge on any atom is -0.508 e. The van der Waals surface area contributed by atoms with Crippen LogP contribution in [0.5, 0.6) is 5.75 Å². The molecule has 2 aromatic heterocycles. The fourth-order valence-corrected chi connectivity index (χ4v) is 5.57. The van der Waals surface area contributed by atoms with Crippen LogP contribution >= 0.6 is 0 Å². The van der Waals surface area contributed by atoms with Crippen LogP contribution in [0.25, 0.3) is 11.2 Å². The van der Waals surface area contributed by atoms with Crippen LogP contribution in [0.2, 0.25) is 0 Å². The number of aromatic hydroxyl groups is 1. The predicted molar refractivity (Wildman–Crippen MR) is 140 cm³/mol. The largest absolute Gasteiger partial charge is 0.508 e. The molecule has 1 amide bonds. The quantitative estimate of drug-likeness (QED) is 0.472. The molecule has 2 aliphatic heterocycles. The fourth-order valence-electron chi connectivity index (χ4n) is 5.57. The third-order valence-corrected chi connectivity index (χ3v) is 7.65. The van der Waals surface area contributed by atoms with Crippen molar-refractivity contribution in [3.8, 4) is 5.75 Å².